The van der Waals surface area contributed by atoms with Crippen molar-refractivity contribution in [3.05, 3.63) is 54.6 Å². The lowest BCUT2D eigenvalue weighted by Gasteiger charge is -2.27. The largest absolute Gasteiger partial charge is 0.481 e. The second kappa shape index (κ2) is 9.36. The van der Waals surface area contributed by atoms with Gasteiger partial charge in [0.1, 0.15) is 5.75 Å². The Morgan fingerprint density at radius 3 is 2.52 bits per heavy atom. The lowest BCUT2D eigenvalue weighted by Crippen LogP contribution is -2.30. The van der Waals surface area contributed by atoms with Crippen LogP contribution in [0.15, 0.2) is 54.6 Å². The summed E-state index contributed by atoms with van der Waals surface area (Å²) in [4.78, 5) is 14.9. The summed E-state index contributed by atoms with van der Waals surface area (Å²) in [6.45, 7) is 3.98. The summed E-state index contributed by atoms with van der Waals surface area (Å²) in [5.74, 6) is 2.52. The first-order valence-corrected chi connectivity index (χ1v) is 11.2. The highest BCUT2D eigenvalue weighted by atomic mass is 16.7. The molecule has 1 fully saturated rings. The number of piperidine rings is 1. The number of anilines is 2. The molecule has 1 N–H and O–H groups in total. The molecule has 0 bridgehead atoms. The summed E-state index contributed by atoms with van der Waals surface area (Å²) >= 11 is 0. The molecule has 33 heavy (non-hydrogen) atoms. The van der Waals surface area contributed by atoms with Crippen molar-refractivity contribution in [2.45, 2.75) is 32.3 Å². The summed E-state index contributed by atoms with van der Waals surface area (Å²) < 4.78 is 16.4. The first kappa shape index (κ1) is 21.1. The Morgan fingerprint density at radius 2 is 1.76 bits per heavy atom. The van der Waals surface area contributed by atoms with Crippen LogP contribution in [0.2, 0.25) is 0 Å². The highest BCUT2D eigenvalue weighted by Gasteiger charge is 2.18. The van der Waals surface area contributed by atoms with Gasteiger partial charge >= 0.3 is 0 Å². The number of aromatic nitrogens is 2. The number of hydrogen-bond acceptors (Lipinski definition) is 7. The van der Waals surface area contributed by atoms with Crippen molar-refractivity contribution >= 4 is 17.4 Å². The molecule has 0 radical (unpaired) electrons. The van der Waals surface area contributed by atoms with Gasteiger partial charge in [-0.15, -0.1) is 10.2 Å². The monoisotopic (exact) mass is 446 g/mol. The molecule has 5 rings (SSSR count). The maximum Gasteiger partial charge on any atom is 0.265 e. The summed E-state index contributed by atoms with van der Waals surface area (Å²) in [7, 11) is 0. The average molecular weight is 447 g/mol. The summed E-state index contributed by atoms with van der Waals surface area (Å²) in [5.41, 5.74) is 2.42. The highest BCUT2D eigenvalue weighted by Crippen LogP contribution is 2.35. The maximum atomic E-state index is 12.6. The van der Waals surface area contributed by atoms with Crippen LogP contribution in [0.1, 0.15) is 26.2 Å². The summed E-state index contributed by atoms with van der Waals surface area (Å²) in [6, 6.07) is 16.8. The molecule has 2 aromatic carbocycles. The predicted molar refractivity (Wildman–Crippen MR) is 125 cm³/mol. The van der Waals surface area contributed by atoms with Crippen LogP contribution in [0.4, 0.5) is 11.5 Å². The van der Waals surface area contributed by atoms with E-state index in [1.807, 2.05) is 36.4 Å². The molecule has 1 aromatic heterocycles. The third-order valence-corrected chi connectivity index (χ3v) is 5.80. The van der Waals surface area contributed by atoms with E-state index in [9.17, 15) is 4.79 Å². The van der Waals surface area contributed by atoms with Gasteiger partial charge in [0.25, 0.3) is 5.91 Å². The van der Waals surface area contributed by atoms with Crippen LogP contribution >= 0.6 is 0 Å². The third-order valence-electron chi connectivity index (χ3n) is 5.80. The molecule has 1 amide bonds. The van der Waals surface area contributed by atoms with Gasteiger partial charge in [0.15, 0.2) is 23.4 Å². The SMILES string of the molecule is CC(Oc1ccc2c(c1)OCO2)C(=O)Nc1ccc(-c2ccc(N3CCCCC3)nn2)cc1. The maximum absolute atomic E-state index is 12.6. The Kier molecular flexibility index (Phi) is 5.97. The van der Waals surface area contributed by atoms with E-state index < -0.39 is 6.10 Å². The summed E-state index contributed by atoms with van der Waals surface area (Å²) in [5, 5.41) is 11.7. The molecule has 1 unspecified atom stereocenters. The number of carbonyl (C=O) groups excluding carboxylic acids is 1. The Bertz CT molecular complexity index is 1110. The van der Waals surface area contributed by atoms with Crippen molar-refractivity contribution in [2.24, 2.45) is 0 Å². The van der Waals surface area contributed by atoms with Crippen molar-refractivity contribution in [3.63, 3.8) is 0 Å². The second-order valence-corrected chi connectivity index (χ2v) is 8.17. The van der Waals surface area contributed by atoms with Crippen LogP contribution in [-0.2, 0) is 4.79 Å². The molecule has 1 saturated heterocycles. The molecule has 0 aliphatic carbocycles. The van der Waals surface area contributed by atoms with Crippen LogP contribution in [0.3, 0.4) is 0 Å². The van der Waals surface area contributed by atoms with E-state index in [0.717, 1.165) is 30.2 Å². The van der Waals surface area contributed by atoms with E-state index in [1.165, 1.54) is 19.3 Å². The number of hydrogen-bond donors (Lipinski definition) is 1. The zero-order chi connectivity index (χ0) is 22.6. The third kappa shape index (κ3) is 4.84. The molecular weight excluding hydrogens is 420 g/mol. The second-order valence-electron chi connectivity index (χ2n) is 8.17. The number of amides is 1. The zero-order valence-corrected chi connectivity index (χ0v) is 18.5. The van der Waals surface area contributed by atoms with Crippen molar-refractivity contribution in [3.8, 4) is 28.5 Å². The van der Waals surface area contributed by atoms with Crippen molar-refractivity contribution in [1.82, 2.24) is 10.2 Å². The minimum Gasteiger partial charge on any atom is -0.481 e. The van der Waals surface area contributed by atoms with Gasteiger partial charge in [0, 0.05) is 30.4 Å². The first-order valence-electron chi connectivity index (χ1n) is 11.2. The van der Waals surface area contributed by atoms with Gasteiger partial charge < -0.3 is 24.4 Å². The molecule has 8 heteroatoms. The number of rotatable bonds is 6. The smallest absolute Gasteiger partial charge is 0.265 e. The van der Waals surface area contributed by atoms with Crippen molar-refractivity contribution in [2.75, 3.05) is 30.1 Å². The van der Waals surface area contributed by atoms with Crippen molar-refractivity contribution in [1.29, 1.82) is 0 Å². The molecule has 8 nitrogen and oxygen atoms in total. The van der Waals surface area contributed by atoms with Gasteiger partial charge in [-0.25, -0.2) is 0 Å². The molecule has 2 aliphatic rings. The predicted octanol–water partition coefficient (Wildman–Crippen LogP) is 4.27. The van der Waals surface area contributed by atoms with E-state index in [-0.39, 0.29) is 12.7 Å². The van der Waals surface area contributed by atoms with E-state index in [2.05, 4.69) is 20.4 Å². The number of ether oxygens (including phenoxy) is 3. The van der Waals surface area contributed by atoms with Gasteiger partial charge in [0.05, 0.1) is 5.69 Å². The van der Waals surface area contributed by atoms with Crippen LogP contribution in [-0.4, -0.2) is 42.1 Å². The first-order chi connectivity index (χ1) is 16.2. The minimum absolute atomic E-state index is 0.193. The molecule has 0 saturated carbocycles. The molecular formula is C25H26N4O4. The molecule has 1 atom stereocenters. The minimum atomic E-state index is -0.682. The van der Waals surface area contributed by atoms with E-state index in [4.69, 9.17) is 14.2 Å². The molecule has 3 heterocycles. The number of benzene rings is 2. The van der Waals surface area contributed by atoms with Crippen LogP contribution in [0.5, 0.6) is 17.2 Å². The molecule has 170 valence electrons. The fourth-order valence-corrected chi connectivity index (χ4v) is 3.95. The number of carbonyl (C=O) groups is 1. The fourth-order valence-electron chi connectivity index (χ4n) is 3.95. The highest BCUT2D eigenvalue weighted by molar-refractivity contribution is 5.94. The van der Waals surface area contributed by atoms with Gasteiger partial charge in [-0.2, -0.15) is 0 Å². The molecule has 2 aliphatic heterocycles. The number of fused-ring (bicyclic) bond motifs is 1. The van der Waals surface area contributed by atoms with E-state index in [0.29, 0.717) is 22.9 Å². The standard InChI is InChI=1S/C25H26N4O4/c1-17(33-20-9-11-22-23(15-20)32-16-31-22)25(30)26-19-7-5-18(6-8-19)21-10-12-24(28-27-21)29-13-3-2-4-14-29/h5-12,15,17H,2-4,13-14,16H2,1H3,(H,26,30). The van der Waals surface area contributed by atoms with Crippen LogP contribution in [0, 0.1) is 0 Å². The van der Waals surface area contributed by atoms with Crippen molar-refractivity contribution < 1.29 is 19.0 Å². The van der Waals surface area contributed by atoms with Gasteiger partial charge in [-0.3, -0.25) is 4.79 Å². The lowest BCUT2D eigenvalue weighted by molar-refractivity contribution is -0.122. The van der Waals surface area contributed by atoms with Gasteiger partial charge in [0.2, 0.25) is 6.79 Å². The van der Waals surface area contributed by atoms with Gasteiger partial charge in [-0.05, 0) is 62.6 Å². The topological polar surface area (TPSA) is 85.8 Å². The normalized spacial score (nSPS) is 15.7. The Morgan fingerprint density at radius 1 is 0.970 bits per heavy atom. The number of nitrogens with one attached hydrogen (secondary N) is 1. The zero-order valence-electron chi connectivity index (χ0n) is 18.5. The van der Waals surface area contributed by atoms with Gasteiger partial charge in [-0.1, -0.05) is 12.1 Å². The lowest BCUT2D eigenvalue weighted by atomic mass is 10.1. The Labute approximate surface area is 192 Å². The molecule has 3 aromatic rings. The Hall–Kier alpha value is -3.81. The van der Waals surface area contributed by atoms with E-state index in [1.54, 1.807) is 25.1 Å². The number of nitrogens with zero attached hydrogens (tertiary/aromatic N) is 3. The fraction of sp³-hybridized carbons (Fsp3) is 0.320. The van der Waals surface area contributed by atoms with E-state index >= 15 is 0 Å². The Balaban J connectivity index is 1.18. The summed E-state index contributed by atoms with van der Waals surface area (Å²) in [6.07, 6.45) is 3.01. The molecule has 0 spiro atoms. The average Bonchev–Trinajstić information content (AvgIpc) is 3.33. The van der Waals surface area contributed by atoms with Crippen LogP contribution in [0.25, 0.3) is 11.3 Å². The quantitative estimate of drug-likeness (QED) is 0.605. The van der Waals surface area contributed by atoms with Crippen LogP contribution < -0.4 is 24.4 Å².